The SMILES string of the molecule is O=C(Nc1ccc(S(=O)(=O)N2CCCC2)cc1)C1CCN(C(=O)C=Cc2ccccc2)CC1. The van der Waals surface area contributed by atoms with Crippen molar-refractivity contribution >= 4 is 33.6 Å². The average Bonchev–Trinajstić information content (AvgIpc) is 3.40. The molecule has 1 N–H and O–H groups in total. The summed E-state index contributed by atoms with van der Waals surface area (Å²) < 4.78 is 26.8. The fourth-order valence-corrected chi connectivity index (χ4v) is 5.75. The number of nitrogens with one attached hydrogen (secondary N) is 1. The lowest BCUT2D eigenvalue weighted by molar-refractivity contribution is -0.130. The molecule has 8 heteroatoms. The van der Waals surface area contributed by atoms with E-state index in [1.165, 1.54) is 4.31 Å². The molecule has 2 aromatic carbocycles. The molecule has 2 saturated heterocycles. The number of piperidine rings is 1. The molecule has 0 aliphatic carbocycles. The number of carbonyl (C=O) groups excluding carboxylic acids is 2. The van der Waals surface area contributed by atoms with Crippen LogP contribution in [0.1, 0.15) is 31.2 Å². The van der Waals surface area contributed by atoms with Gasteiger partial charge in [-0.15, -0.1) is 0 Å². The molecule has 0 unspecified atom stereocenters. The van der Waals surface area contributed by atoms with Crippen molar-refractivity contribution in [2.24, 2.45) is 5.92 Å². The van der Waals surface area contributed by atoms with Gasteiger partial charge in [-0.2, -0.15) is 4.31 Å². The van der Waals surface area contributed by atoms with E-state index in [-0.39, 0.29) is 22.6 Å². The third-order valence-electron chi connectivity index (χ3n) is 6.22. The van der Waals surface area contributed by atoms with Gasteiger partial charge in [0.05, 0.1) is 4.90 Å². The van der Waals surface area contributed by atoms with E-state index in [0.29, 0.717) is 44.7 Å². The van der Waals surface area contributed by atoms with Crippen LogP contribution in [0.3, 0.4) is 0 Å². The number of carbonyl (C=O) groups is 2. The Kier molecular flexibility index (Phi) is 7.25. The van der Waals surface area contributed by atoms with Crippen molar-refractivity contribution in [3.8, 4) is 0 Å². The molecule has 174 valence electrons. The first-order valence-electron chi connectivity index (χ1n) is 11.4. The van der Waals surface area contributed by atoms with E-state index in [4.69, 9.17) is 0 Å². The summed E-state index contributed by atoms with van der Waals surface area (Å²) in [5.41, 5.74) is 1.55. The topological polar surface area (TPSA) is 86.8 Å². The number of amides is 2. The van der Waals surface area contributed by atoms with Gasteiger partial charge in [-0.1, -0.05) is 30.3 Å². The van der Waals surface area contributed by atoms with E-state index in [2.05, 4.69) is 5.32 Å². The van der Waals surface area contributed by atoms with E-state index in [9.17, 15) is 18.0 Å². The van der Waals surface area contributed by atoms with Crippen LogP contribution in [-0.2, 0) is 19.6 Å². The molecule has 2 amide bonds. The van der Waals surface area contributed by atoms with Crippen LogP contribution in [0.15, 0.2) is 65.6 Å². The largest absolute Gasteiger partial charge is 0.339 e. The molecule has 2 aliphatic heterocycles. The zero-order valence-electron chi connectivity index (χ0n) is 18.5. The van der Waals surface area contributed by atoms with Gasteiger partial charge in [0.2, 0.25) is 21.8 Å². The summed E-state index contributed by atoms with van der Waals surface area (Å²) in [4.78, 5) is 27.1. The zero-order chi connectivity index (χ0) is 23.3. The lowest BCUT2D eigenvalue weighted by atomic mass is 9.95. The van der Waals surface area contributed by atoms with Gasteiger partial charge < -0.3 is 10.2 Å². The van der Waals surface area contributed by atoms with Gasteiger partial charge in [0.25, 0.3) is 0 Å². The van der Waals surface area contributed by atoms with Gasteiger partial charge in [-0.25, -0.2) is 8.42 Å². The highest BCUT2D eigenvalue weighted by atomic mass is 32.2. The molecule has 2 heterocycles. The maximum atomic E-state index is 12.7. The van der Waals surface area contributed by atoms with E-state index in [1.54, 1.807) is 41.3 Å². The van der Waals surface area contributed by atoms with Crippen molar-refractivity contribution in [2.45, 2.75) is 30.6 Å². The van der Waals surface area contributed by atoms with Crippen LogP contribution in [-0.4, -0.2) is 55.6 Å². The second-order valence-electron chi connectivity index (χ2n) is 8.47. The number of hydrogen-bond donors (Lipinski definition) is 1. The van der Waals surface area contributed by atoms with E-state index in [0.717, 1.165) is 18.4 Å². The molecule has 0 bridgehead atoms. The molecule has 0 spiro atoms. The minimum atomic E-state index is -3.46. The Morgan fingerprint density at radius 2 is 1.52 bits per heavy atom. The van der Waals surface area contributed by atoms with Crippen LogP contribution in [0.25, 0.3) is 6.08 Å². The maximum Gasteiger partial charge on any atom is 0.246 e. The monoisotopic (exact) mass is 467 g/mol. The van der Waals surface area contributed by atoms with Crippen LogP contribution in [0.4, 0.5) is 5.69 Å². The number of likely N-dealkylation sites (tertiary alicyclic amines) is 1. The summed E-state index contributed by atoms with van der Waals surface area (Å²) in [7, 11) is -3.46. The van der Waals surface area contributed by atoms with Crippen molar-refractivity contribution in [1.82, 2.24) is 9.21 Å². The number of hydrogen-bond acceptors (Lipinski definition) is 4. The molecule has 7 nitrogen and oxygen atoms in total. The van der Waals surface area contributed by atoms with Gasteiger partial charge in [-0.3, -0.25) is 9.59 Å². The van der Waals surface area contributed by atoms with E-state index in [1.807, 2.05) is 30.3 Å². The third kappa shape index (κ3) is 5.69. The Bertz CT molecular complexity index is 1100. The van der Waals surface area contributed by atoms with Crippen LogP contribution in [0.2, 0.25) is 0 Å². The smallest absolute Gasteiger partial charge is 0.246 e. The second-order valence-corrected chi connectivity index (χ2v) is 10.4. The van der Waals surface area contributed by atoms with E-state index < -0.39 is 10.0 Å². The first-order valence-corrected chi connectivity index (χ1v) is 12.8. The normalized spacial score (nSPS) is 18.0. The molecule has 0 aromatic heterocycles. The Morgan fingerprint density at radius 3 is 2.15 bits per heavy atom. The highest BCUT2D eigenvalue weighted by Crippen LogP contribution is 2.24. The van der Waals surface area contributed by atoms with Crippen LogP contribution in [0.5, 0.6) is 0 Å². The van der Waals surface area contributed by atoms with Crippen molar-refractivity contribution in [3.63, 3.8) is 0 Å². The molecular formula is C25H29N3O4S. The summed E-state index contributed by atoms with van der Waals surface area (Å²) >= 11 is 0. The summed E-state index contributed by atoms with van der Waals surface area (Å²) in [6.07, 6.45) is 6.35. The Morgan fingerprint density at radius 1 is 0.879 bits per heavy atom. The lowest BCUT2D eigenvalue weighted by Crippen LogP contribution is -2.40. The molecule has 2 fully saturated rings. The summed E-state index contributed by atoms with van der Waals surface area (Å²) in [5.74, 6) is -0.329. The Labute approximate surface area is 195 Å². The minimum absolute atomic E-state index is 0.0486. The summed E-state index contributed by atoms with van der Waals surface area (Å²) in [5, 5.41) is 2.89. The fraction of sp³-hybridized carbons (Fsp3) is 0.360. The van der Waals surface area contributed by atoms with Crippen molar-refractivity contribution < 1.29 is 18.0 Å². The molecule has 0 radical (unpaired) electrons. The van der Waals surface area contributed by atoms with Gasteiger partial charge in [0.1, 0.15) is 0 Å². The van der Waals surface area contributed by atoms with Crippen molar-refractivity contribution in [1.29, 1.82) is 0 Å². The molecule has 2 aromatic rings. The van der Waals surface area contributed by atoms with Gasteiger partial charge >= 0.3 is 0 Å². The Hall–Kier alpha value is -2.97. The molecule has 0 saturated carbocycles. The number of benzene rings is 2. The highest BCUT2D eigenvalue weighted by molar-refractivity contribution is 7.89. The van der Waals surface area contributed by atoms with Crippen molar-refractivity contribution in [2.75, 3.05) is 31.5 Å². The summed E-state index contributed by atoms with van der Waals surface area (Å²) in [6, 6.07) is 16.0. The predicted molar refractivity (Wildman–Crippen MR) is 128 cm³/mol. The Balaban J connectivity index is 1.27. The number of sulfonamides is 1. The number of anilines is 1. The number of nitrogens with zero attached hydrogens (tertiary/aromatic N) is 2. The van der Waals surface area contributed by atoms with Crippen LogP contribution >= 0.6 is 0 Å². The minimum Gasteiger partial charge on any atom is -0.339 e. The van der Waals surface area contributed by atoms with Crippen molar-refractivity contribution in [3.05, 3.63) is 66.2 Å². The standard InChI is InChI=1S/C25H29N3O4S/c29-24(13-8-20-6-2-1-3-7-20)27-18-14-21(15-19-27)25(30)26-22-9-11-23(12-10-22)33(31,32)28-16-4-5-17-28/h1-3,6-13,21H,4-5,14-19H2,(H,26,30). The molecule has 2 aliphatic rings. The van der Waals surface area contributed by atoms with Crippen LogP contribution in [0, 0.1) is 5.92 Å². The molecule has 0 atom stereocenters. The van der Waals surface area contributed by atoms with Gasteiger partial charge in [0, 0.05) is 43.9 Å². The maximum absolute atomic E-state index is 12.7. The fourth-order valence-electron chi connectivity index (χ4n) is 4.23. The first kappa shape index (κ1) is 23.2. The quantitative estimate of drug-likeness (QED) is 0.660. The highest BCUT2D eigenvalue weighted by Gasteiger charge is 2.28. The molecule has 4 rings (SSSR count). The number of rotatable bonds is 6. The average molecular weight is 468 g/mol. The predicted octanol–water partition coefficient (Wildman–Crippen LogP) is 3.36. The van der Waals surface area contributed by atoms with Crippen LogP contribution < -0.4 is 5.32 Å². The summed E-state index contributed by atoms with van der Waals surface area (Å²) in [6.45, 7) is 2.18. The third-order valence-corrected chi connectivity index (χ3v) is 8.13. The first-order chi connectivity index (χ1) is 15.9. The van der Waals surface area contributed by atoms with E-state index >= 15 is 0 Å². The second kappa shape index (κ2) is 10.3. The van der Waals surface area contributed by atoms with Gasteiger partial charge in [0.15, 0.2) is 0 Å². The molecular weight excluding hydrogens is 438 g/mol. The zero-order valence-corrected chi connectivity index (χ0v) is 19.3. The van der Waals surface area contributed by atoms with Gasteiger partial charge in [-0.05, 0) is 61.6 Å². The molecule has 33 heavy (non-hydrogen) atoms. The lowest BCUT2D eigenvalue weighted by Gasteiger charge is -2.30.